The number of aliphatic hydroxyl groups excluding tert-OH is 1. The number of nitriles is 1. The van der Waals surface area contributed by atoms with Gasteiger partial charge in [0, 0.05) is 36.3 Å². The van der Waals surface area contributed by atoms with E-state index in [2.05, 4.69) is 10.6 Å². The number of nitrogens with zero attached hydrogens (tertiary/aromatic N) is 2. The largest absolute Gasteiger partial charge is 0.386 e. The molecule has 0 fully saturated rings. The highest BCUT2D eigenvalue weighted by Crippen LogP contribution is 2.25. The number of para-hydroxylation sites is 2. The van der Waals surface area contributed by atoms with Crippen molar-refractivity contribution in [2.75, 3.05) is 11.9 Å². The summed E-state index contributed by atoms with van der Waals surface area (Å²) in [6, 6.07) is 15.9. The Hall–Kier alpha value is -3.63. The summed E-state index contributed by atoms with van der Waals surface area (Å²) in [6.07, 6.45) is 0.837. The van der Waals surface area contributed by atoms with E-state index in [0.29, 0.717) is 5.56 Å². The number of rotatable bonds is 4. The van der Waals surface area contributed by atoms with Crippen molar-refractivity contribution < 1.29 is 14.7 Å². The summed E-state index contributed by atoms with van der Waals surface area (Å²) in [5, 5.41) is 25.2. The number of aromatic nitrogens is 1. The Bertz CT molecular complexity index is 1050. The third kappa shape index (κ3) is 3.81. The molecule has 7 nitrogen and oxygen atoms in total. The first-order chi connectivity index (χ1) is 13.0. The van der Waals surface area contributed by atoms with Crippen LogP contribution in [0.15, 0.2) is 54.7 Å². The maximum Gasteiger partial charge on any atom is 0.313 e. The minimum absolute atomic E-state index is 0.111. The van der Waals surface area contributed by atoms with E-state index in [-0.39, 0.29) is 17.8 Å². The van der Waals surface area contributed by atoms with Crippen LogP contribution in [-0.2, 0) is 16.6 Å². The predicted molar refractivity (Wildman–Crippen MR) is 101 cm³/mol. The molecular formula is C20H18N4O3. The van der Waals surface area contributed by atoms with Crippen LogP contribution >= 0.6 is 0 Å². The minimum Gasteiger partial charge on any atom is -0.386 e. The molecule has 27 heavy (non-hydrogen) atoms. The Morgan fingerprint density at radius 1 is 1.15 bits per heavy atom. The molecule has 3 N–H and O–H groups in total. The van der Waals surface area contributed by atoms with Gasteiger partial charge >= 0.3 is 11.8 Å². The number of fused-ring (bicyclic) bond motifs is 1. The molecule has 0 saturated heterocycles. The highest BCUT2D eigenvalue weighted by Gasteiger charge is 2.19. The molecule has 0 radical (unpaired) electrons. The molecule has 0 spiro atoms. The molecule has 1 heterocycles. The van der Waals surface area contributed by atoms with Gasteiger partial charge in [-0.05, 0) is 18.2 Å². The minimum atomic E-state index is -0.959. The number of aliphatic hydroxyl groups is 1. The lowest BCUT2D eigenvalue weighted by Gasteiger charge is -2.12. The Labute approximate surface area is 155 Å². The topological polar surface area (TPSA) is 107 Å². The van der Waals surface area contributed by atoms with Crippen molar-refractivity contribution in [1.29, 1.82) is 5.26 Å². The average Bonchev–Trinajstić information content (AvgIpc) is 3.03. The van der Waals surface area contributed by atoms with Crippen molar-refractivity contribution >= 4 is 28.4 Å². The van der Waals surface area contributed by atoms with Gasteiger partial charge < -0.3 is 20.3 Å². The van der Waals surface area contributed by atoms with E-state index in [4.69, 9.17) is 5.26 Å². The first kappa shape index (κ1) is 18.2. The van der Waals surface area contributed by atoms with Crippen molar-refractivity contribution in [3.05, 3.63) is 65.9 Å². The summed E-state index contributed by atoms with van der Waals surface area (Å²) in [4.78, 5) is 24.1. The van der Waals surface area contributed by atoms with Gasteiger partial charge in [0.2, 0.25) is 0 Å². The summed E-state index contributed by atoms with van der Waals surface area (Å²) in [6.45, 7) is -0.111. The third-order valence-corrected chi connectivity index (χ3v) is 4.24. The normalized spacial score (nSPS) is 11.6. The fraction of sp³-hybridized carbons (Fsp3) is 0.150. The lowest BCUT2D eigenvalue weighted by molar-refractivity contribution is -0.136. The molecule has 0 saturated carbocycles. The van der Waals surface area contributed by atoms with Gasteiger partial charge in [-0.3, -0.25) is 9.59 Å². The van der Waals surface area contributed by atoms with Gasteiger partial charge in [0.25, 0.3) is 0 Å². The summed E-state index contributed by atoms with van der Waals surface area (Å²) in [5.41, 5.74) is 2.15. The quantitative estimate of drug-likeness (QED) is 0.616. The molecule has 136 valence electrons. The Kier molecular flexibility index (Phi) is 5.20. The van der Waals surface area contributed by atoms with Crippen LogP contribution in [0.1, 0.15) is 17.2 Å². The van der Waals surface area contributed by atoms with Crippen LogP contribution in [0.3, 0.4) is 0 Å². The standard InChI is InChI=1S/C20H18N4O3/c1-24-12-15(14-7-3-5-9-17(14)24)18(25)11-22-19(26)20(27)23-16-8-4-2-6-13(16)10-21/h2-9,12,18,25H,11H2,1H3,(H,22,26)(H,23,27). The lowest BCUT2D eigenvalue weighted by atomic mass is 10.1. The highest BCUT2D eigenvalue weighted by molar-refractivity contribution is 6.39. The Morgan fingerprint density at radius 3 is 2.63 bits per heavy atom. The zero-order valence-corrected chi connectivity index (χ0v) is 14.6. The predicted octanol–water partition coefficient (Wildman–Crippen LogP) is 1.84. The van der Waals surface area contributed by atoms with Crippen molar-refractivity contribution in [2.24, 2.45) is 7.05 Å². The summed E-state index contributed by atoms with van der Waals surface area (Å²) in [5.74, 6) is -1.79. The third-order valence-electron chi connectivity index (χ3n) is 4.24. The molecule has 2 amide bonds. The second-order valence-corrected chi connectivity index (χ2v) is 6.05. The number of aryl methyl sites for hydroxylation is 1. The molecule has 1 aromatic heterocycles. The van der Waals surface area contributed by atoms with E-state index in [1.807, 2.05) is 41.9 Å². The van der Waals surface area contributed by atoms with Crippen LogP contribution in [0.25, 0.3) is 10.9 Å². The van der Waals surface area contributed by atoms with Crippen molar-refractivity contribution in [2.45, 2.75) is 6.10 Å². The summed E-state index contributed by atoms with van der Waals surface area (Å²) >= 11 is 0. The zero-order chi connectivity index (χ0) is 19.4. The van der Waals surface area contributed by atoms with Gasteiger partial charge in [-0.1, -0.05) is 30.3 Å². The lowest BCUT2D eigenvalue weighted by Crippen LogP contribution is -2.37. The summed E-state index contributed by atoms with van der Waals surface area (Å²) < 4.78 is 1.89. The van der Waals surface area contributed by atoms with Crippen LogP contribution < -0.4 is 10.6 Å². The molecule has 3 rings (SSSR count). The molecule has 3 aromatic rings. The molecular weight excluding hydrogens is 344 g/mol. The Balaban J connectivity index is 1.64. The fourth-order valence-corrected chi connectivity index (χ4v) is 2.89. The zero-order valence-electron chi connectivity index (χ0n) is 14.6. The highest BCUT2D eigenvalue weighted by atomic mass is 16.3. The van der Waals surface area contributed by atoms with Gasteiger partial charge in [0.05, 0.1) is 17.4 Å². The van der Waals surface area contributed by atoms with E-state index < -0.39 is 17.9 Å². The number of hydrogen-bond donors (Lipinski definition) is 3. The number of nitrogens with one attached hydrogen (secondary N) is 2. The number of carbonyl (C=O) groups excluding carboxylic acids is 2. The molecule has 2 aromatic carbocycles. The van der Waals surface area contributed by atoms with Gasteiger partial charge in [-0.2, -0.15) is 5.26 Å². The molecule has 0 aliphatic carbocycles. The summed E-state index contributed by atoms with van der Waals surface area (Å²) in [7, 11) is 1.87. The number of hydrogen-bond acceptors (Lipinski definition) is 4. The Morgan fingerprint density at radius 2 is 1.85 bits per heavy atom. The molecule has 0 aliphatic heterocycles. The van der Waals surface area contributed by atoms with Crippen molar-refractivity contribution in [3.63, 3.8) is 0 Å². The van der Waals surface area contributed by atoms with E-state index in [0.717, 1.165) is 10.9 Å². The van der Waals surface area contributed by atoms with Crippen LogP contribution in [0.4, 0.5) is 5.69 Å². The van der Waals surface area contributed by atoms with E-state index in [9.17, 15) is 14.7 Å². The first-order valence-electron chi connectivity index (χ1n) is 8.31. The molecule has 0 bridgehead atoms. The maximum absolute atomic E-state index is 12.0. The van der Waals surface area contributed by atoms with Crippen LogP contribution in [0.2, 0.25) is 0 Å². The van der Waals surface area contributed by atoms with Gasteiger partial charge in [-0.15, -0.1) is 0 Å². The number of amides is 2. The van der Waals surface area contributed by atoms with E-state index >= 15 is 0 Å². The van der Waals surface area contributed by atoms with Crippen molar-refractivity contribution in [3.8, 4) is 6.07 Å². The van der Waals surface area contributed by atoms with Gasteiger partial charge in [-0.25, -0.2) is 0 Å². The van der Waals surface area contributed by atoms with Crippen LogP contribution in [0.5, 0.6) is 0 Å². The van der Waals surface area contributed by atoms with Crippen LogP contribution in [0, 0.1) is 11.3 Å². The first-order valence-corrected chi connectivity index (χ1v) is 8.31. The number of anilines is 1. The second-order valence-electron chi connectivity index (χ2n) is 6.05. The molecule has 0 aliphatic rings. The smallest absolute Gasteiger partial charge is 0.313 e. The molecule has 1 atom stereocenters. The van der Waals surface area contributed by atoms with Gasteiger partial charge in [0.1, 0.15) is 6.07 Å². The number of carbonyl (C=O) groups is 2. The SMILES string of the molecule is Cn1cc(C(O)CNC(=O)C(=O)Nc2ccccc2C#N)c2ccccc21. The van der Waals surface area contributed by atoms with Crippen LogP contribution in [-0.4, -0.2) is 28.0 Å². The average molecular weight is 362 g/mol. The maximum atomic E-state index is 12.0. The molecule has 1 unspecified atom stereocenters. The van der Waals surface area contributed by atoms with Crippen molar-refractivity contribution in [1.82, 2.24) is 9.88 Å². The monoisotopic (exact) mass is 362 g/mol. The molecule has 7 heteroatoms. The van der Waals surface area contributed by atoms with Gasteiger partial charge in [0.15, 0.2) is 0 Å². The second kappa shape index (κ2) is 7.72. The fourth-order valence-electron chi connectivity index (χ4n) is 2.89. The number of benzene rings is 2. The van der Waals surface area contributed by atoms with E-state index in [1.54, 1.807) is 18.3 Å². The van der Waals surface area contributed by atoms with E-state index in [1.165, 1.54) is 12.1 Å².